The van der Waals surface area contributed by atoms with Crippen molar-refractivity contribution >= 4 is 45.9 Å². The molecule has 358 valence electrons. The molecule has 0 saturated heterocycles. The lowest BCUT2D eigenvalue weighted by Gasteiger charge is -2.26. The van der Waals surface area contributed by atoms with Crippen LogP contribution in [0.25, 0.3) is 79.2 Å². The van der Waals surface area contributed by atoms with E-state index in [-0.39, 0.29) is 32.5 Å². The van der Waals surface area contributed by atoms with Gasteiger partial charge in [0.2, 0.25) is 0 Å². The molecule has 6 aromatic rings. The van der Waals surface area contributed by atoms with Gasteiger partial charge in [0.05, 0.1) is 33.9 Å². The summed E-state index contributed by atoms with van der Waals surface area (Å²) in [5, 5.41) is 0. The molecule has 0 fully saturated rings. The Bertz CT molecular complexity index is 3330. The molecule has 0 amide bonds. The highest BCUT2D eigenvalue weighted by Crippen LogP contribution is 2.43. The summed E-state index contributed by atoms with van der Waals surface area (Å²) in [7, 11) is 0. The van der Waals surface area contributed by atoms with Crippen molar-refractivity contribution in [3.8, 4) is 58.1 Å². The van der Waals surface area contributed by atoms with Crippen LogP contribution in [0.2, 0.25) is 0 Å². The van der Waals surface area contributed by atoms with Crippen LogP contribution in [0.5, 0.6) is 0 Å². The van der Waals surface area contributed by atoms with E-state index in [4.69, 9.17) is 22.8 Å². The Morgan fingerprint density at radius 3 is 1.06 bits per heavy atom. The van der Waals surface area contributed by atoms with E-state index < -0.39 is 0 Å². The second-order valence-electron chi connectivity index (χ2n) is 25.9. The number of rotatable bonds is 3. The Kier molecular flexibility index (Phi) is 12.1. The van der Waals surface area contributed by atoms with Crippen LogP contribution in [0.1, 0.15) is 186 Å². The number of fused-ring (bicyclic) bond motifs is 8. The van der Waals surface area contributed by atoms with Crippen LogP contribution < -0.4 is 0 Å². The summed E-state index contributed by atoms with van der Waals surface area (Å²) >= 11 is 0. The van der Waals surface area contributed by atoms with E-state index in [9.17, 15) is 0 Å². The van der Waals surface area contributed by atoms with Gasteiger partial charge in [-0.2, -0.15) is 0 Å². The molecule has 0 saturated carbocycles. The molecule has 2 N–H and O–H groups in total. The Labute approximate surface area is 419 Å². The van der Waals surface area contributed by atoms with E-state index in [0.29, 0.717) is 16.8 Å². The molecular weight excluding hydrogens is 849 g/mol. The molecule has 0 aliphatic carbocycles. The number of allylic oxidation sites excluding steroid dienone is 1. The van der Waals surface area contributed by atoms with Gasteiger partial charge in [-0.25, -0.2) is 9.97 Å². The van der Waals surface area contributed by atoms with Gasteiger partial charge in [0.1, 0.15) is 0 Å². The highest BCUT2D eigenvalue weighted by atomic mass is 14.8. The third kappa shape index (κ3) is 9.77. The first-order valence-electron chi connectivity index (χ1n) is 25.0. The first-order chi connectivity index (χ1) is 32.3. The summed E-state index contributed by atoms with van der Waals surface area (Å²) in [4.78, 5) is 19.0. The highest BCUT2D eigenvalue weighted by molar-refractivity contribution is 6.01. The topological polar surface area (TPSA) is 57.4 Å². The zero-order chi connectivity index (χ0) is 51.3. The molecule has 2 aliphatic heterocycles. The molecule has 4 heteroatoms. The van der Waals surface area contributed by atoms with Crippen LogP contribution in [0.15, 0.2) is 78.9 Å². The predicted molar refractivity (Wildman–Crippen MR) is 303 cm³/mol. The fraction of sp³-hybridized carbons (Fsp3) is 0.364. The van der Waals surface area contributed by atoms with Crippen molar-refractivity contribution in [2.45, 2.75) is 157 Å². The molecule has 8 rings (SSSR count). The quantitative estimate of drug-likeness (QED) is 0.174. The van der Waals surface area contributed by atoms with Gasteiger partial charge in [-0.05, 0) is 125 Å². The minimum absolute atomic E-state index is 0.110. The van der Waals surface area contributed by atoms with E-state index in [2.05, 4.69) is 237 Å². The molecule has 8 bridgehead atoms. The van der Waals surface area contributed by atoms with Gasteiger partial charge >= 0.3 is 0 Å². The molecule has 3 aromatic carbocycles. The van der Waals surface area contributed by atoms with Gasteiger partial charge in [0.15, 0.2) is 0 Å². The zero-order valence-corrected chi connectivity index (χ0v) is 45.3. The van der Waals surface area contributed by atoms with Crippen LogP contribution in [0.4, 0.5) is 0 Å². The first kappa shape index (κ1) is 49.8. The van der Waals surface area contributed by atoms with Crippen molar-refractivity contribution < 1.29 is 0 Å². The smallest absolute Gasteiger partial charge is 0.0815 e. The summed E-state index contributed by atoms with van der Waals surface area (Å²) in [6.45, 7) is 41.1. The minimum Gasteiger partial charge on any atom is -0.354 e. The third-order valence-corrected chi connectivity index (χ3v) is 14.0. The van der Waals surface area contributed by atoms with Crippen LogP contribution in [-0.2, 0) is 32.5 Å². The molecule has 0 unspecified atom stereocenters. The fourth-order valence-corrected chi connectivity index (χ4v) is 9.33. The number of aromatic nitrogens is 4. The Hall–Kier alpha value is -6.62. The van der Waals surface area contributed by atoms with Crippen LogP contribution >= 0.6 is 0 Å². The van der Waals surface area contributed by atoms with Crippen LogP contribution in [0.3, 0.4) is 0 Å². The SMILES string of the molecule is C#CC1=Cc2nc1cc1[nH]c(cc1C#C)c(-c1cc(C(C)(C)C)cc(C(C)(C)C)c1)c1nc(c(-c3cc(C(C)(C)C)cc(C(C)(C)C)c3)c3ccc([nH]3)c2-c2cc(C(C)(C)C)cc(C(C)(C)C)c2)C=C1. The van der Waals surface area contributed by atoms with Crippen molar-refractivity contribution in [3.05, 3.63) is 141 Å². The Morgan fingerprint density at radius 1 is 0.371 bits per heavy atom. The predicted octanol–water partition coefficient (Wildman–Crippen LogP) is 17.4. The molecule has 0 atom stereocenters. The summed E-state index contributed by atoms with van der Waals surface area (Å²) in [6, 6.07) is 29.7. The average molecular weight is 923 g/mol. The van der Waals surface area contributed by atoms with Gasteiger partial charge in [-0.1, -0.05) is 191 Å². The lowest BCUT2D eigenvalue weighted by atomic mass is 9.78. The molecule has 3 aromatic heterocycles. The average Bonchev–Trinajstić information content (AvgIpc) is 4.07. The monoisotopic (exact) mass is 923 g/mol. The Morgan fingerprint density at radius 2 is 0.714 bits per heavy atom. The lowest BCUT2D eigenvalue weighted by molar-refractivity contribution is 0.568. The van der Waals surface area contributed by atoms with Crippen LogP contribution in [-0.4, -0.2) is 19.9 Å². The van der Waals surface area contributed by atoms with E-state index in [1.54, 1.807) is 0 Å². The van der Waals surface area contributed by atoms with Gasteiger partial charge in [-0.3, -0.25) is 0 Å². The maximum absolute atomic E-state index is 6.42. The Balaban J connectivity index is 1.64. The maximum atomic E-state index is 6.42. The molecular formula is C66H74N4. The molecule has 4 nitrogen and oxygen atoms in total. The molecule has 0 radical (unpaired) electrons. The van der Waals surface area contributed by atoms with Gasteiger partial charge in [-0.15, -0.1) is 12.8 Å². The third-order valence-electron chi connectivity index (χ3n) is 14.0. The second-order valence-corrected chi connectivity index (χ2v) is 25.9. The van der Waals surface area contributed by atoms with E-state index in [1.807, 2.05) is 6.07 Å². The number of aromatic amines is 2. The number of benzene rings is 3. The standard InChI is InChI=1S/C66H74N4/c1-21-39-33-56-59(42-29-46(63(9,10)11)36-47(30-42)64(12,13)14)52-25-23-50(67-52)58(41-27-44(61(3,4)5)35-45(28-41)62(6,7)8)51-24-26-53(68-51)60(57-34-40(22-2)55(70-57)38-54(39)69-56)43-31-48(65(15,16)17)37-49(32-43)66(18,19)20/h1-2,23-38,67,70H,3-20H3. The second kappa shape index (κ2) is 17.1. The summed E-state index contributed by atoms with van der Waals surface area (Å²) in [5.74, 6) is 6.01. The van der Waals surface area contributed by atoms with Crippen molar-refractivity contribution in [1.82, 2.24) is 19.9 Å². The maximum Gasteiger partial charge on any atom is 0.0815 e. The minimum atomic E-state index is -0.113. The first-order valence-corrected chi connectivity index (χ1v) is 25.0. The largest absolute Gasteiger partial charge is 0.354 e. The zero-order valence-electron chi connectivity index (χ0n) is 45.3. The van der Waals surface area contributed by atoms with Crippen molar-refractivity contribution in [2.24, 2.45) is 0 Å². The number of hydrogen-bond acceptors (Lipinski definition) is 2. The van der Waals surface area contributed by atoms with Gasteiger partial charge in [0, 0.05) is 38.8 Å². The molecule has 2 aliphatic rings. The fourth-order valence-electron chi connectivity index (χ4n) is 9.33. The van der Waals surface area contributed by atoms with Crippen LogP contribution in [0, 0.1) is 24.7 Å². The van der Waals surface area contributed by atoms with Gasteiger partial charge in [0.25, 0.3) is 0 Å². The summed E-state index contributed by atoms with van der Waals surface area (Å²) < 4.78 is 0. The van der Waals surface area contributed by atoms with Crippen molar-refractivity contribution in [1.29, 1.82) is 0 Å². The van der Waals surface area contributed by atoms with Crippen molar-refractivity contribution in [2.75, 3.05) is 0 Å². The van der Waals surface area contributed by atoms with Gasteiger partial charge < -0.3 is 9.97 Å². The number of hydrogen-bond donors (Lipinski definition) is 2. The molecule has 0 spiro atoms. The van der Waals surface area contributed by atoms with E-state index in [1.165, 1.54) is 33.4 Å². The number of nitrogens with one attached hydrogen (secondary N) is 2. The van der Waals surface area contributed by atoms with E-state index >= 15 is 0 Å². The molecule has 70 heavy (non-hydrogen) atoms. The summed E-state index contributed by atoms with van der Waals surface area (Å²) in [6.07, 6.45) is 19.2. The number of terminal acetylenes is 2. The van der Waals surface area contributed by atoms with Crippen molar-refractivity contribution in [3.63, 3.8) is 0 Å². The normalized spacial score (nSPS) is 13.6. The number of H-pyrrole nitrogens is 2. The molecule has 5 heterocycles. The number of nitrogens with zero attached hydrogens (tertiary/aromatic N) is 2. The highest BCUT2D eigenvalue weighted by Gasteiger charge is 2.28. The lowest BCUT2D eigenvalue weighted by Crippen LogP contribution is -2.16. The summed E-state index contributed by atoms with van der Waals surface area (Å²) in [5.41, 5.74) is 21.1. The van der Waals surface area contributed by atoms with E-state index in [0.717, 1.165) is 72.5 Å².